The van der Waals surface area contributed by atoms with E-state index in [1.54, 1.807) is 25.6 Å². The summed E-state index contributed by atoms with van der Waals surface area (Å²) in [6, 6.07) is 7.64. The van der Waals surface area contributed by atoms with Gasteiger partial charge >= 0.3 is 6.01 Å². The lowest BCUT2D eigenvalue weighted by atomic mass is 10.2. The van der Waals surface area contributed by atoms with Gasteiger partial charge in [-0.3, -0.25) is 0 Å². The number of benzene rings is 1. The van der Waals surface area contributed by atoms with Gasteiger partial charge in [0.05, 0.1) is 7.11 Å². The van der Waals surface area contributed by atoms with Crippen molar-refractivity contribution in [2.45, 2.75) is 6.42 Å². The number of nitrogens with two attached hydrogens (primary N) is 1. The summed E-state index contributed by atoms with van der Waals surface area (Å²) in [5, 5.41) is 0. The Bertz CT molecular complexity index is 500. The highest BCUT2D eigenvalue weighted by Crippen LogP contribution is 2.28. The van der Waals surface area contributed by atoms with Crippen LogP contribution < -0.4 is 15.2 Å². The molecule has 0 fully saturated rings. The maximum atomic E-state index is 5.56. The van der Waals surface area contributed by atoms with Gasteiger partial charge in [-0.1, -0.05) is 12.1 Å². The predicted molar refractivity (Wildman–Crippen MR) is 67.9 cm³/mol. The molecule has 0 bridgehead atoms. The molecule has 2 rings (SSSR count). The van der Waals surface area contributed by atoms with Crippen molar-refractivity contribution in [3.63, 3.8) is 0 Å². The average molecular weight is 245 g/mol. The zero-order chi connectivity index (χ0) is 12.8. The highest BCUT2D eigenvalue weighted by molar-refractivity contribution is 5.40. The number of aromatic nitrogens is 2. The third-order valence-corrected chi connectivity index (χ3v) is 2.38. The fourth-order valence-corrected chi connectivity index (χ4v) is 1.49. The normalized spacial score (nSPS) is 10.1. The molecule has 0 unspecified atom stereocenters. The van der Waals surface area contributed by atoms with Crippen LogP contribution in [0.2, 0.25) is 0 Å². The lowest BCUT2D eigenvalue weighted by Crippen LogP contribution is -2.03. The molecule has 94 valence electrons. The maximum absolute atomic E-state index is 5.56. The minimum Gasteiger partial charge on any atom is -0.493 e. The van der Waals surface area contributed by atoms with Crippen LogP contribution in [0.1, 0.15) is 5.56 Å². The fourth-order valence-electron chi connectivity index (χ4n) is 1.49. The Hall–Kier alpha value is -2.14. The first-order chi connectivity index (χ1) is 8.83. The van der Waals surface area contributed by atoms with Gasteiger partial charge in [0, 0.05) is 12.4 Å². The molecule has 0 saturated carbocycles. The molecule has 0 amide bonds. The molecule has 2 aromatic rings. The van der Waals surface area contributed by atoms with Gasteiger partial charge in [0.25, 0.3) is 0 Å². The second-order valence-corrected chi connectivity index (χ2v) is 3.67. The SMILES string of the molecule is COc1ccccc1Oc1ncc(CCN)cn1. The zero-order valence-corrected chi connectivity index (χ0v) is 10.2. The van der Waals surface area contributed by atoms with Crippen LogP contribution in [0, 0.1) is 0 Å². The van der Waals surface area contributed by atoms with Crippen molar-refractivity contribution < 1.29 is 9.47 Å². The minimum absolute atomic E-state index is 0.292. The summed E-state index contributed by atoms with van der Waals surface area (Å²) in [5.74, 6) is 1.23. The lowest BCUT2D eigenvalue weighted by molar-refractivity contribution is 0.368. The van der Waals surface area contributed by atoms with E-state index in [-0.39, 0.29) is 0 Å². The Morgan fingerprint density at radius 1 is 1.11 bits per heavy atom. The number of hydrogen-bond acceptors (Lipinski definition) is 5. The standard InChI is InChI=1S/C13H15N3O2/c1-17-11-4-2-3-5-12(11)18-13-15-8-10(6-7-14)9-16-13/h2-5,8-9H,6-7,14H2,1H3. The van der Waals surface area contributed by atoms with Gasteiger partial charge in [-0.05, 0) is 30.7 Å². The summed E-state index contributed by atoms with van der Waals surface area (Å²) in [5.41, 5.74) is 6.45. The molecule has 1 aromatic heterocycles. The van der Waals surface area contributed by atoms with Crippen molar-refractivity contribution >= 4 is 0 Å². The molecule has 0 saturated heterocycles. The van der Waals surface area contributed by atoms with E-state index in [1.165, 1.54) is 0 Å². The molecule has 5 heteroatoms. The van der Waals surface area contributed by atoms with Crippen LogP contribution in [0.5, 0.6) is 17.5 Å². The largest absolute Gasteiger partial charge is 0.493 e. The number of para-hydroxylation sites is 2. The van der Waals surface area contributed by atoms with E-state index in [0.717, 1.165) is 12.0 Å². The molecule has 0 aliphatic carbocycles. The van der Waals surface area contributed by atoms with Crippen molar-refractivity contribution in [3.05, 3.63) is 42.2 Å². The summed E-state index contributed by atoms with van der Waals surface area (Å²) in [6.45, 7) is 0.579. The Morgan fingerprint density at radius 3 is 2.39 bits per heavy atom. The van der Waals surface area contributed by atoms with E-state index in [0.29, 0.717) is 24.1 Å². The van der Waals surface area contributed by atoms with E-state index in [2.05, 4.69) is 9.97 Å². The van der Waals surface area contributed by atoms with Gasteiger partial charge in [0.15, 0.2) is 11.5 Å². The Kier molecular flexibility index (Phi) is 4.09. The number of methoxy groups -OCH3 is 1. The first-order valence-corrected chi connectivity index (χ1v) is 5.65. The summed E-state index contributed by atoms with van der Waals surface area (Å²) in [6.07, 6.45) is 4.18. The number of nitrogens with zero attached hydrogens (tertiary/aromatic N) is 2. The van der Waals surface area contributed by atoms with Gasteiger partial charge in [0.2, 0.25) is 0 Å². The quantitative estimate of drug-likeness (QED) is 0.869. The van der Waals surface area contributed by atoms with E-state index >= 15 is 0 Å². The molecular weight excluding hydrogens is 230 g/mol. The van der Waals surface area contributed by atoms with Crippen LogP contribution in [0.3, 0.4) is 0 Å². The first kappa shape index (κ1) is 12.3. The highest BCUT2D eigenvalue weighted by Gasteiger charge is 2.06. The summed E-state index contributed by atoms with van der Waals surface area (Å²) >= 11 is 0. The molecule has 0 aliphatic heterocycles. The van der Waals surface area contributed by atoms with Crippen molar-refractivity contribution in [2.24, 2.45) is 5.73 Å². The molecule has 0 atom stereocenters. The molecule has 0 spiro atoms. The van der Waals surface area contributed by atoms with E-state index in [4.69, 9.17) is 15.2 Å². The smallest absolute Gasteiger partial charge is 0.322 e. The fraction of sp³-hybridized carbons (Fsp3) is 0.231. The summed E-state index contributed by atoms with van der Waals surface area (Å²) in [4.78, 5) is 8.25. The molecule has 18 heavy (non-hydrogen) atoms. The van der Waals surface area contributed by atoms with Crippen molar-refractivity contribution in [3.8, 4) is 17.5 Å². The van der Waals surface area contributed by atoms with Crippen LogP contribution in [-0.2, 0) is 6.42 Å². The number of rotatable bonds is 5. The number of hydrogen-bond donors (Lipinski definition) is 1. The van der Waals surface area contributed by atoms with Crippen LogP contribution in [0.15, 0.2) is 36.7 Å². The Labute approximate surface area is 106 Å². The topological polar surface area (TPSA) is 70.3 Å². The molecular formula is C13H15N3O2. The first-order valence-electron chi connectivity index (χ1n) is 5.65. The van der Waals surface area contributed by atoms with Crippen LogP contribution in [0.4, 0.5) is 0 Å². The summed E-state index contributed by atoms with van der Waals surface area (Å²) in [7, 11) is 1.59. The van der Waals surface area contributed by atoms with Crippen LogP contribution in [0.25, 0.3) is 0 Å². The zero-order valence-electron chi connectivity index (χ0n) is 10.2. The monoisotopic (exact) mass is 245 g/mol. The van der Waals surface area contributed by atoms with Crippen LogP contribution >= 0.6 is 0 Å². The molecule has 2 N–H and O–H groups in total. The molecule has 0 aliphatic rings. The third-order valence-electron chi connectivity index (χ3n) is 2.38. The molecule has 0 radical (unpaired) electrons. The van der Waals surface area contributed by atoms with Gasteiger partial charge < -0.3 is 15.2 Å². The third kappa shape index (κ3) is 2.95. The number of ether oxygens (including phenoxy) is 2. The van der Waals surface area contributed by atoms with Gasteiger partial charge in [-0.2, -0.15) is 0 Å². The molecule has 1 aromatic carbocycles. The maximum Gasteiger partial charge on any atom is 0.322 e. The average Bonchev–Trinajstić information content (AvgIpc) is 2.42. The van der Waals surface area contributed by atoms with Gasteiger partial charge in [-0.15, -0.1) is 0 Å². The molecule has 1 heterocycles. The second kappa shape index (κ2) is 5.97. The van der Waals surface area contributed by atoms with Crippen LogP contribution in [-0.4, -0.2) is 23.6 Å². The van der Waals surface area contributed by atoms with Gasteiger partial charge in [0.1, 0.15) is 0 Å². The lowest BCUT2D eigenvalue weighted by Gasteiger charge is -2.08. The van der Waals surface area contributed by atoms with Crippen molar-refractivity contribution in [1.29, 1.82) is 0 Å². The van der Waals surface area contributed by atoms with Crippen molar-refractivity contribution in [2.75, 3.05) is 13.7 Å². The van der Waals surface area contributed by atoms with E-state index < -0.39 is 0 Å². The minimum atomic E-state index is 0.292. The van der Waals surface area contributed by atoms with E-state index in [9.17, 15) is 0 Å². The molecule has 5 nitrogen and oxygen atoms in total. The Morgan fingerprint density at radius 2 is 1.78 bits per heavy atom. The Balaban J connectivity index is 2.13. The van der Waals surface area contributed by atoms with Crippen molar-refractivity contribution in [1.82, 2.24) is 9.97 Å². The van der Waals surface area contributed by atoms with E-state index in [1.807, 2.05) is 18.2 Å². The highest BCUT2D eigenvalue weighted by atomic mass is 16.5. The predicted octanol–water partition coefficient (Wildman–Crippen LogP) is 1.78. The second-order valence-electron chi connectivity index (χ2n) is 3.67. The van der Waals surface area contributed by atoms with Gasteiger partial charge in [-0.25, -0.2) is 9.97 Å². The summed E-state index contributed by atoms with van der Waals surface area (Å²) < 4.78 is 10.7.